The molecule has 3 heteroatoms. The lowest BCUT2D eigenvalue weighted by Gasteiger charge is -2.17. The molecule has 1 heterocycles. The lowest BCUT2D eigenvalue weighted by molar-refractivity contribution is -0.378. The molecule has 1 fully saturated rings. The zero-order valence-corrected chi connectivity index (χ0v) is 7.17. The van der Waals surface area contributed by atoms with Crippen LogP contribution in [-0.2, 0) is 9.78 Å². The molecule has 0 bridgehead atoms. The SMILES string of the molecule is CCCCC1(O)C[C@@H](C)OO1. The first-order valence-corrected chi connectivity index (χ1v) is 4.23. The van der Waals surface area contributed by atoms with Gasteiger partial charge in [-0.25, -0.2) is 9.78 Å². The molecule has 11 heavy (non-hydrogen) atoms. The van der Waals surface area contributed by atoms with Crippen LogP contribution in [0.3, 0.4) is 0 Å². The highest BCUT2D eigenvalue weighted by molar-refractivity contribution is 4.72. The summed E-state index contributed by atoms with van der Waals surface area (Å²) in [5.74, 6) is -1.00. The minimum absolute atomic E-state index is 0.0249. The van der Waals surface area contributed by atoms with Gasteiger partial charge in [-0.1, -0.05) is 13.3 Å². The van der Waals surface area contributed by atoms with Crippen molar-refractivity contribution < 1.29 is 14.9 Å². The van der Waals surface area contributed by atoms with E-state index in [0.717, 1.165) is 12.8 Å². The lowest BCUT2D eigenvalue weighted by atomic mass is 10.0. The number of hydrogen-bond acceptors (Lipinski definition) is 3. The largest absolute Gasteiger partial charge is 0.363 e. The fourth-order valence-electron chi connectivity index (χ4n) is 1.29. The second-order valence-corrected chi connectivity index (χ2v) is 3.24. The molecule has 2 atom stereocenters. The highest BCUT2D eigenvalue weighted by Gasteiger charge is 2.37. The molecule has 0 aromatic carbocycles. The molecule has 0 radical (unpaired) electrons. The summed E-state index contributed by atoms with van der Waals surface area (Å²) in [5.41, 5.74) is 0. The Bertz CT molecular complexity index is 127. The molecule has 1 N–H and O–H groups in total. The molecule has 1 saturated heterocycles. The van der Waals surface area contributed by atoms with Crippen molar-refractivity contribution >= 4 is 0 Å². The Hall–Kier alpha value is -0.120. The van der Waals surface area contributed by atoms with Gasteiger partial charge in [-0.05, 0) is 13.3 Å². The van der Waals surface area contributed by atoms with Crippen molar-refractivity contribution in [3.8, 4) is 0 Å². The molecule has 1 unspecified atom stereocenters. The van der Waals surface area contributed by atoms with Crippen molar-refractivity contribution in [1.29, 1.82) is 0 Å². The third kappa shape index (κ3) is 2.43. The molecule has 1 aliphatic heterocycles. The van der Waals surface area contributed by atoms with Gasteiger partial charge in [-0.3, -0.25) is 0 Å². The second kappa shape index (κ2) is 3.52. The van der Waals surface area contributed by atoms with Gasteiger partial charge in [-0.2, -0.15) is 0 Å². The van der Waals surface area contributed by atoms with Crippen molar-refractivity contribution in [1.82, 2.24) is 0 Å². The molecule has 1 rings (SSSR count). The van der Waals surface area contributed by atoms with Crippen LogP contribution in [-0.4, -0.2) is 17.0 Å². The van der Waals surface area contributed by atoms with Crippen LogP contribution < -0.4 is 0 Å². The zero-order chi connectivity index (χ0) is 8.32. The Morgan fingerprint density at radius 2 is 2.36 bits per heavy atom. The molecule has 0 spiro atoms. The first-order chi connectivity index (χ1) is 5.16. The van der Waals surface area contributed by atoms with E-state index in [1.54, 1.807) is 0 Å². The quantitative estimate of drug-likeness (QED) is 0.637. The zero-order valence-electron chi connectivity index (χ0n) is 7.17. The van der Waals surface area contributed by atoms with Gasteiger partial charge in [0.1, 0.15) is 0 Å². The standard InChI is InChI=1S/C8H16O3/c1-3-4-5-8(9)6-7(2)10-11-8/h7,9H,3-6H2,1-2H3/t7-,8?/m1/s1. The molecule has 3 nitrogen and oxygen atoms in total. The maximum Gasteiger partial charge on any atom is 0.201 e. The fourth-order valence-corrected chi connectivity index (χ4v) is 1.29. The predicted octanol–water partition coefficient (Wildman–Crippen LogP) is 1.61. The third-order valence-corrected chi connectivity index (χ3v) is 1.89. The summed E-state index contributed by atoms with van der Waals surface area (Å²) in [6.07, 6.45) is 3.34. The normalized spacial score (nSPS) is 37.9. The Labute approximate surface area is 67.2 Å². The van der Waals surface area contributed by atoms with Gasteiger partial charge in [0, 0.05) is 12.8 Å². The van der Waals surface area contributed by atoms with E-state index in [9.17, 15) is 5.11 Å². The molecular weight excluding hydrogens is 144 g/mol. The Morgan fingerprint density at radius 1 is 1.64 bits per heavy atom. The van der Waals surface area contributed by atoms with Crippen LogP contribution in [0, 0.1) is 0 Å². The number of unbranched alkanes of at least 4 members (excludes halogenated alkanes) is 1. The molecule has 66 valence electrons. The summed E-state index contributed by atoms with van der Waals surface area (Å²) in [4.78, 5) is 9.63. The van der Waals surface area contributed by atoms with Crippen molar-refractivity contribution in [3.63, 3.8) is 0 Å². The molecular formula is C8H16O3. The second-order valence-electron chi connectivity index (χ2n) is 3.24. The van der Waals surface area contributed by atoms with Gasteiger partial charge in [-0.15, -0.1) is 0 Å². The van der Waals surface area contributed by atoms with Gasteiger partial charge in [0.15, 0.2) is 0 Å². The van der Waals surface area contributed by atoms with Crippen molar-refractivity contribution in [2.45, 2.75) is 51.4 Å². The monoisotopic (exact) mass is 160 g/mol. The van der Waals surface area contributed by atoms with Gasteiger partial charge in [0.25, 0.3) is 0 Å². The number of rotatable bonds is 3. The molecule has 0 saturated carbocycles. The van der Waals surface area contributed by atoms with Crippen LogP contribution >= 0.6 is 0 Å². The Balaban J connectivity index is 2.29. The number of hydrogen-bond donors (Lipinski definition) is 1. The van der Waals surface area contributed by atoms with Gasteiger partial charge in [0.2, 0.25) is 5.79 Å². The van der Waals surface area contributed by atoms with Crippen LogP contribution in [0.5, 0.6) is 0 Å². The van der Waals surface area contributed by atoms with E-state index < -0.39 is 5.79 Å². The summed E-state index contributed by atoms with van der Waals surface area (Å²) in [7, 11) is 0. The molecule has 0 amide bonds. The van der Waals surface area contributed by atoms with E-state index in [2.05, 4.69) is 6.92 Å². The summed E-state index contributed by atoms with van der Waals surface area (Å²) >= 11 is 0. The maximum atomic E-state index is 9.65. The fraction of sp³-hybridized carbons (Fsp3) is 1.00. The Morgan fingerprint density at radius 3 is 2.82 bits per heavy atom. The maximum absolute atomic E-state index is 9.65. The highest BCUT2D eigenvalue weighted by Crippen LogP contribution is 2.29. The predicted molar refractivity (Wildman–Crippen MR) is 40.7 cm³/mol. The van der Waals surface area contributed by atoms with Crippen LogP contribution in [0.15, 0.2) is 0 Å². The van der Waals surface area contributed by atoms with Crippen molar-refractivity contribution in [2.24, 2.45) is 0 Å². The summed E-state index contributed by atoms with van der Waals surface area (Å²) in [6, 6.07) is 0. The van der Waals surface area contributed by atoms with E-state index >= 15 is 0 Å². The Kier molecular flexibility index (Phi) is 2.87. The van der Waals surface area contributed by atoms with Gasteiger partial charge < -0.3 is 5.11 Å². The summed E-state index contributed by atoms with van der Waals surface area (Å²) in [6.45, 7) is 3.98. The van der Waals surface area contributed by atoms with E-state index in [1.807, 2.05) is 6.92 Å². The van der Waals surface area contributed by atoms with Crippen molar-refractivity contribution in [3.05, 3.63) is 0 Å². The average Bonchev–Trinajstić information content (AvgIpc) is 2.28. The van der Waals surface area contributed by atoms with Crippen LogP contribution in [0.1, 0.15) is 39.5 Å². The number of aliphatic hydroxyl groups is 1. The molecule has 1 aliphatic rings. The molecule has 0 aromatic rings. The van der Waals surface area contributed by atoms with E-state index in [0.29, 0.717) is 12.8 Å². The highest BCUT2D eigenvalue weighted by atomic mass is 17.2. The lowest BCUT2D eigenvalue weighted by Crippen LogP contribution is -2.26. The van der Waals surface area contributed by atoms with E-state index in [1.165, 1.54) is 0 Å². The van der Waals surface area contributed by atoms with Crippen molar-refractivity contribution in [2.75, 3.05) is 0 Å². The van der Waals surface area contributed by atoms with Crippen LogP contribution in [0.25, 0.3) is 0 Å². The minimum atomic E-state index is -1.00. The topological polar surface area (TPSA) is 38.7 Å². The summed E-state index contributed by atoms with van der Waals surface area (Å²) in [5, 5.41) is 9.65. The van der Waals surface area contributed by atoms with E-state index in [-0.39, 0.29) is 6.10 Å². The minimum Gasteiger partial charge on any atom is -0.363 e. The first kappa shape index (κ1) is 8.97. The smallest absolute Gasteiger partial charge is 0.201 e. The van der Waals surface area contributed by atoms with E-state index in [4.69, 9.17) is 9.78 Å². The third-order valence-electron chi connectivity index (χ3n) is 1.89. The van der Waals surface area contributed by atoms with Crippen LogP contribution in [0.4, 0.5) is 0 Å². The molecule has 0 aliphatic carbocycles. The first-order valence-electron chi connectivity index (χ1n) is 4.23. The summed E-state index contributed by atoms with van der Waals surface area (Å²) < 4.78 is 0. The average molecular weight is 160 g/mol. The van der Waals surface area contributed by atoms with Gasteiger partial charge in [0.05, 0.1) is 6.10 Å². The van der Waals surface area contributed by atoms with Gasteiger partial charge >= 0.3 is 0 Å². The molecule has 0 aromatic heterocycles. The van der Waals surface area contributed by atoms with Crippen LogP contribution in [0.2, 0.25) is 0 Å².